The van der Waals surface area contributed by atoms with Crippen molar-refractivity contribution in [1.29, 1.82) is 0 Å². The first-order valence-corrected chi connectivity index (χ1v) is 12.6. The molecule has 1 atom stereocenters. The maximum Gasteiger partial charge on any atom is 0.435 e. The Hall–Kier alpha value is -3.16. The van der Waals surface area contributed by atoms with Crippen molar-refractivity contribution in [3.63, 3.8) is 0 Å². The number of likely N-dealkylation sites (tertiary alicyclic amines) is 1. The highest BCUT2D eigenvalue weighted by Gasteiger charge is 2.38. The number of carbonyl (C=O) groups excluding carboxylic acids is 1. The second-order valence-corrected chi connectivity index (χ2v) is 9.85. The molecule has 14 heteroatoms. The monoisotopic (exact) mass is 544 g/mol. The molecule has 2 aromatic heterocycles. The number of aromatic nitrogens is 4. The van der Waals surface area contributed by atoms with Gasteiger partial charge in [-0.2, -0.15) is 13.2 Å². The van der Waals surface area contributed by atoms with E-state index in [4.69, 9.17) is 0 Å². The van der Waals surface area contributed by atoms with Crippen molar-refractivity contribution in [3.05, 3.63) is 35.7 Å². The first-order valence-electron chi connectivity index (χ1n) is 12.6. The number of carboxylic acid groups (broad SMARTS) is 1. The van der Waals surface area contributed by atoms with Gasteiger partial charge in [0.1, 0.15) is 5.82 Å². The predicted molar refractivity (Wildman–Crippen MR) is 124 cm³/mol. The van der Waals surface area contributed by atoms with Crippen LogP contribution in [0, 0.1) is 0 Å². The number of nitrogens with one attached hydrogen (secondary N) is 1. The molecule has 0 unspecified atom stereocenters. The molecule has 0 aromatic carbocycles. The molecule has 1 aliphatic heterocycles. The van der Waals surface area contributed by atoms with Crippen molar-refractivity contribution in [1.82, 2.24) is 30.0 Å². The smallest absolute Gasteiger partial charge is 0.435 e. The van der Waals surface area contributed by atoms with Crippen LogP contribution in [0.1, 0.15) is 79.4 Å². The normalized spacial score (nSPS) is 19.4. The summed E-state index contributed by atoms with van der Waals surface area (Å²) in [6, 6.07) is 1.62. The summed E-state index contributed by atoms with van der Waals surface area (Å²) in [6.07, 6.45) is -0.976. The third-order valence-corrected chi connectivity index (χ3v) is 6.86. The van der Waals surface area contributed by atoms with Crippen LogP contribution < -0.4 is 5.32 Å². The van der Waals surface area contributed by atoms with E-state index in [1.807, 2.05) is 0 Å². The molecule has 1 aliphatic carbocycles. The minimum Gasteiger partial charge on any atom is -0.481 e. The number of piperidine rings is 1. The van der Waals surface area contributed by atoms with Crippen LogP contribution in [0.25, 0.3) is 5.69 Å². The highest BCUT2D eigenvalue weighted by atomic mass is 19.4. The highest BCUT2D eigenvalue weighted by Crippen LogP contribution is 2.37. The number of hydrogen-bond acceptors (Lipinski definition) is 6. The lowest BCUT2D eigenvalue weighted by Crippen LogP contribution is -2.45. The quantitative estimate of drug-likeness (QED) is 0.459. The molecule has 2 N–H and O–H groups in total. The maximum atomic E-state index is 13.7. The average Bonchev–Trinajstić information content (AvgIpc) is 3.51. The number of carboxylic acids is 1. The molecule has 2 aliphatic rings. The number of aliphatic carboxylic acids is 1. The molecule has 0 radical (unpaired) electrons. The standard InChI is InChI=1S/C24H29F5N6O3/c25-23(26)9-4-11-34(14-23)12-8-16(13-18(36)37)31-22(38)20-32-21(15-5-1-2-6-15)35(33-20)17-7-3-10-30-19(17)24(27,28)29/h3,7,10,15-16H,1-2,4-6,8-9,11-14H2,(H,31,38)(H,36,37)/t16-/m0/s1. The average molecular weight is 545 g/mol. The van der Waals surface area contributed by atoms with Crippen LogP contribution in [0.2, 0.25) is 0 Å². The number of hydrogen-bond donors (Lipinski definition) is 2. The summed E-state index contributed by atoms with van der Waals surface area (Å²) in [5, 5.41) is 15.9. The molecular weight excluding hydrogens is 515 g/mol. The zero-order valence-corrected chi connectivity index (χ0v) is 20.6. The number of rotatable bonds is 9. The van der Waals surface area contributed by atoms with Crippen LogP contribution >= 0.6 is 0 Å². The summed E-state index contributed by atoms with van der Waals surface area (Å²) in [7, 11) is 0. The van der Waals surface area contributed by atoms with Gasteiger partial charge in [0.05, 0.1) is 18.7 Å². The number of pyridine rings is 1. The van der Waals surface area contributed by atoms with E-state index in [9.17, 15) is 36.6 Å². The lowest BCUT2D eigenvalue weighted by molar-refractivity contribution is -0.141. The first-order chi connectivity index (χ1) is 17.9. The highest BCUT2D eigenvalue weighted by molar-refractivity contribution is 5.91. The number of amides is 1. The fraction of sp³-hybridized carbons (Fsp3) is 0.625. The van der Waals surface area contributed by atoms with Gasteiger partial charge in [-0.1, -0.05) is 12.8 Å². The molecule has 2 aromatic rings. The van der Waals surface area contributed by atoms with Crippen molar-refractivity contribution in [2.75, 3.05) is 19.6 Å². The van der Waals surface area contributed by atoms with E-state index >= 15 is 0 Å². The molecule has 1 saturated heterocycles. The summed E-state index contributed by atoms with van der Waals surface area (Å²) in [4.78, 5) is 33.7. The molecule has 2 fully saturated rings. The second kappa shape index (κ2) is 11.3. The summed E-state index contributed by atoms with van der Waals surface area (Å²) in [5.74, 6) is -5.27. The molecular formula is C24H29F5N6O3. The Kier molecular flexibility index (Phi) is 8.28. The van der Waals surface area contributed by atoms with Crippen LogP contribution in [-0.4, -0.2) is 73.2 Å². The number of carbonyl (C=O) groups is 2. The largest absolute Gasteiger partial charge is 0.481 e. The summed E-state index contributed by atoms with van der Waals surface area (Å²) in [5.41, 5.74) is -1.53. The third kappa shape index (κ3) is 6.83. The number of nitrogens with zero attached hydrogens (tertiary/aromatic N) is 5. The van der Waals surface area contributed by atoms with Crippen LogP contribution in [0.15, 0.2) is 18.3 Å². The van der Waals surface area contributed by atoms with Crippen LogP contribution in [0.3, 0.4) is 0 Å². The van der Waals surface area contributed by atoms with Gasteiger partial charge in [0.15, 0.2) is 5.69 Å². The molecule has 9 nitrogen and oxygen atoms in total. The van der Waals surface area contributed by atoms with Gasteiger partial charge < -0.3 is 10.4 Å². The van der Waals surface area contributed by atoms with Gasteiger partial charge in [-0.3, -0.25) is 14.5 Å². The van der Waals surface area contributed by atoms with Crippen LogP contribution in [0.5, 0.6) is 0 Å². The van der Waals surface area contributed by atoms with Crippen LogP contribution in [-0.2, 0) is 11.0 Å². The Bertz CT molecular complexity index is 1150. The zero-order valence-electron chi connectivity index (χ0n) is 20.6. The van der Waals surface area contributed by atoms with Crippen molar-refractivity contribution < 1.29 is 36.6 Å². The molecule has 0 spiro atoms. The Morgan fingerprint density at radius 1 is 1.21 bits per heavy atom. The van der Waals surface area contributed by atoms with Gasteiger partial charge in [0.2, 0.25) is 5.82 Å². The van der Waals surface area contributed by atoms with E-state index in [-0.39, 0.29) is 36.8 Å². The van der Waals surface area contributed by atoms with Crippen molar-refractivity contribution >= 4 is 11.9 Å². The Balaban J connectivity index is 1.57. The fourth-order valence-electron chi connectivity index (χ4n) is 5.09. The molecule has 38 heavy (non-hydrogen) atoms. The van der Waals surface area contributed by atoms with Gasteiger partial charge in [-0.05, 0) is 44.4 Å². The molecule has 4 rings (SSSR count). The number of alkyl halides is 5. The van der Waals surface area contributed by atoms with Crippen molar-refractivity contribution in [2.45, 2.75) is 75.4 Å². The van der Waals surface area contributed by atoms with Gasteiger partial charge in [0.25, 0.3) is 11.8 Å². The van der Waals surface area contributed by atoms with E-state index in [1.165, 1.54) is 17.0 Å². The van der Waals surface area contributed by atoms with E-state index in [0.29, 0.717) is 25.8 Å². The topological polar surface area (TPSA) is 113 Å². The fourth-order valence-corrected chi connectivity index (χ4v) is 5.09. The lowest BCUT2D eigenvalue weighted by atomic mass is 10.1. The third-order valence-electron chi connectivity index (χ3n) is 6.86. The first kappa shape index (κ1) is 27.9. The molecule has 208 valence electrons. The summed E-state index contributed by atoms with van der Waals surface area (Å²) < 4.78 is 69.5. The molecule has 3 heterocycles. The van der Waals surface area contributed by atoms with Crippen molar-refractivity contribution in [3.8, 4) is 5.69 Å². The SMILES string of the molecule is O=C(O)C[C@H](CCN1CCCC(F)(F)C1)NC(=O)c1nc(C2CCCC2)n(-c2cccnc2C(F)(F)F)n1. The Morgan fingerprint density at radius 3 is 2.61 bits per heavy atom. The summed E-state index contributed by atoms with van der Waals surface area (Å²) >= 11 is 0. The van der Waals surface area contributed by atoms with Gasteiger partial charge in [-0.15, -0.1) is 5.10 Å². The van der Waals surface area contributed by atoms with Gasteiger partial charge in [-0.25, -0.2) is 23.4 Å². The van der Waals surface area contributed by atoms with E-state index in [1.54, 1.807) is 0 Å². The number of halogens is 5. The zero-order chi connectivity index (χ0) is 27.5. The van der Waals surface area contributed by atoms with Gasteiger partial charge in [0, 0.05) is 31.1 Å². The van der Waals surface area contributed by atoms with E-state index in [0.717, 1.165) is 23.7 Å². The second-order valence-electron chi connectivity index (χ2n) is 9.85. The summed E-state index contributed by atoms with van der Waals surface area (Å²) in [6.45, 7) is 0.143. The van der Waals surface area contributed by atoms with E-state index < -0.39 is 54.5 Å². The Labute approximate surface area is 215 Å². The molecule has 1 amide bonds. The molecule has 0 bridgehead atoms. The predicted octanol–water partition coefficient (Wildman–Crippen LogP) is 4.03. The van der Waals surface area contributed by atoms with E-state index in [2.05, 4.69) is 20.4 Å². The van der Waals surface area contributed by atoms with Gasteiger partial charge >= 0.3 is 12.1 Å². The Morgan fingerprint density at radius 2 is 1.95 bits per heavy atom. The molecule has 1 saturated carbocycles. The minimum atomic E-state index is -4.77. The minimum absolute atomic E-state index is 0.0884. The lowest BCUT2D eigenvalue weighted by Gasteiger charge is -2.33. The van der Waals surface area contributed by atoms with Crippen molar-refractivity contribution in [2.24, 2.45) is 0 Å². The van der Waals surface area contributed by atoms with Crippen LogP contribution in [0.4, 0.5) is 22.0 Å². The maximum absolute atomic E-state index is 13.7.